The summed E-state index contributed by atoms with van der Waals surface area (Å²) in [6.45, 7) is 3.63. The zero-order valence-corrected chi connectivity index (χ0v) is 10.00. The number of hydrogen-bond donors (Lipinski definition) is 1. The molecule has 3 nitrogen and oxygen atoms in total. The van der Waals surface area contributed by atoms with Crippen LogP contribution < -0.4 is 5.73 Å². The van der Waals surface area contributed by atoms with Crippen LogP contribution in [-0.4, -0.2) is 13.1 Å². The summed E-state index contributed by atoms with van der Waals surface area (Å²) in [6.07, 6.45) is 2.44. The topological polar surface area (TPSA) is 52.3 Å². The maximum Gasteiger partial charge on any atom is 0.337 e. The fourth-order valence-electron chi connectivity index (χ4n) is 1.33. The molecule has 4 heteroatoms. The average Bonchev–Trinajstić information content (AvgIpc) is 2.28. The molecule has 0 amide bonds. The Hall–Kier alpha value is -1.32. The van der Waals surface area contributed by atoms with Crippen LogP contribution in [0.5, 0.6) is 0 Å². The lowest BCUT2D eigenvalue weighted by Gasteiger charge is -2.10. The fourth-order valence-corrected chi connectivity index (χ4v) is 1.33. The Morgan fingerprint density at radius 1 is 1.62 bits per heavy atom. The van der Waals surface area contributed by atoms with Crippen molar-refractivity contribution in [3.8, 4) is 0 Å². The Morgan fingerprint density at radius 2 is 2.31 bits per heavy atom. The van der Waals surface area contributed by atoms with E-state index in [1.807, 2.05) is 6.07 Å². The van der Waals surface area contributed by atoms with E-state index in [0.29, 0.717) is 12.0 Å². The van der Waals surface area contributed by atoms with E-state index in [0.717, 1.165) is 5.56 Å². The first-order chi connectivity index (χ1) is 7.19. The number of carbonyl (C=O) groups excluding carboxylic acids is 1. The molecule has 0 aliphatic rings. The summed E-state index contributed by atoms with van der Waals surface area (Å²) in [4.78, 5) is 11.3. The average molecular weight is 242 g/mol. The highest BCUT2D eigenvalue weighted by atomic mass is 35.5. The van der Waals surface area contributed by atoms with E-state index in [4.69, 9.17) is 5.73 Å². The molecule has 0 bridgehead atoms. The molecule has 0 spiro atoms. The quantitative estimate of drug-likeness (QED) is 0.651. The number of rotatable bonds is 4. The van der Waals surface area contributed by atoms with E-state index in [2.05, 4.69) is 11.3 Å². The van der Waals surface area contributed by atoms with Crippen molar-refractivity contribution in [1.29, 1.82) is 0 Å². The first-order valence-corrected chi connectivity index (χ1v) is 4.73. The summed E-state index contributed by atoms with van der Waals surface area (Å²) in [5, 5.41) is 0. The molecule has 0 unspecified atom stereocenters. The standard InChI is InChI=1S/C12H15NO2.ClH/c1-3-5-11(13)9-6-4-7-10(8-9)12(14)15-2;/h3-4,6-8,11H,1,5,13H2,2H3;1H/t11-;/m1./s1. The lowest BCUT2D eigenvalue weighted by Crippen LogP contribution is -2.10. The molecule has 0 saturated heterocycles. The molecular weight excluding hydrogens is 226 g/mol. The van der Waals surface area contributed by atoms with Gasteiger partial charge in [0.15, 0.2) is 0 Å². The zero-order chi connectivity index (χ0) is 11.3. The van der Waals surface area contributed by atoms with Gasteiger partial charge in [0, 0.05) is 6.04 Å². The zero-order valence-electron chi connectivity index (χ0n) is 9.18. The van der Waals surface area contributed by atoms with Crippen molar-refractivity contribution in [2.24, 2.45) is 5.73 Å². The summed E-state index contributed by atoms with van der Waals surface area (Å²) < 4.78 is 4.63. The minimum absolute atomic E-state index is 0. The molecule has 0 aliphatic heterocycles. The van der Waals surface area contributed by atoms with Crippen molar-refractivity contribution >= 4 is 18.4 Å². The lowest BCUT2D eigenvalue weighted by molar-refractivity contribution is 0.0600. The van der Waals surface area contributed by atoms with E-state index in [9.17, 15) is 4.79 Å². The molecule has 0 heterocycles. The number of methoxy groups -OCH3 is 1. The molecule has 2 N–H and O–H groups in total. The van der Waals surface area contributed by atoms with Gasteiger partial charge in [-0.25, -0.2) is 4.79 Å². The first kappa shape index (κ1) is 14.7. The maximum atomic E-state index is 11.3. The molecule has 1 aromatic carbocycles. The van der Waals surface area contributed by atoms with Crippen LogP contribution in [0.4, 0.5) is 0 Å². The highest BCUT2D eigenvalue weighted by molar-refractivity contribution is 5.89. The number of esters is 1. The highest BCUT2D eigenvalue weighted by Gasteiger charge is 2.08. The van der Waals surface area contributed by atoms with Gasteiger partial charge < -0.3 is 10.5 Å². The largest absolute Gasteiger partial charge is 0.465 e. The molecule has 0 fully saturated rings. The minimum atomic E-state index is -0.345. The van der Waals surface area contributed by atoms with Crippen molar-refractivity contribution in [2.45, 2.75) is 12.5 Å². The number of benzene rings is 1. The molecule has 0 saturated carbocycles. The number of carbonyl (C=O) groups is 1. The second-order valence-electron chi connectivity index (χ2n) is 3.25. The Balaban J connectivity index is 0.00000225. The van der Waals surface area contributed by atoms with Crippen LogP contribution in [0, 0.1) is 0 Å². The van der Waals surface area contributed by atoms with Crippen LogP contribution in [0.3, 0.4) is 0 Å². The highest BCUT2D eigenvalue weighted by Crippen LogP contribution is 2.16. The summed E-state index contributed by atoms with van der Waals surface area (Å²) in [6, 6.07) is 7.02. The minimum Gasteiger partial charge on any atom is -0.465 e. The van der Waals surface area contributed by atoms with Gasteiger partial charge in [-0.3, -0.25) is 0 Å². The van der Waals surface area contributed by atoms with Crippen molar-refractivity contribution in [3.05, 3.63) is 48.0 Å². The smallest absolute Gasteiger partial charge is 0.337 e. The first-order valence-electron chi connectivity index (χ1n) is 4.73. The predicted octanol–water partition coefficient (Wildman–Crippen LogP) is 2.47. The van der Waals surface area contributed by atoms with E-state index in [1.165, 1.54) is 7.11 Å². The third kappa shape index (κ3) is 3.68. The van der Waals surface area contributed by atoms with Gasteiger partial charge in [0.1, 0.15) is 0 Å². The molecule has 1 rings (SSSR count). The Kier molecular flexibility index (Phi) is 6.46. The van der Waals surface area contributed by atoms with Crippen LogP contribution in [-0.2, 0) is 4.74 Å². The van der Waals surface area contributed by atoms with Gasteiger partial charge in [-0.1, -0.05) is 18.2 Å². The number of halogens is 1. The Morgan fingerprint density at radius 3 is 2.88 bits per heavy atom. The summed E-state index contributed by atoms with van der Waals surface area (Å²) in [7, 11) is 1.36. The van der Waals surface area contributed by atoms with E-state index < -0.39 is 0 Å². The van der Waals surface area contributed by atoms with Gasteiger partial charge >= 0.3 is 5.97 Å². The van der Waals surface area contributed by atoms with Crippen molar-refractivity contribution in [2.75, 3.05) is 7.11 Å². The van der Waals surface area contributed by atoms with Crippen LogP contribution in [0.25, 0.3) is 0 Å². The number of nitrogens with two attached hydrogens (primary N) is 1. The summed E-state index contributed by atoms with van der Waals surface area (Å²) in [5.74, 6) is -0.345. The van der Waals surface area contributed by atoms with Crippen molar-refractivity contribution < 1.29 is 9.53 Å². The molecule has 1 atom stereocenters. The van der Waals surface area contributed by atoms with Crippen LogP contribution >= 0.6 is 12.4 Å². The van der Waals surface area contributed by atoms with Gasteiger partial charge in [0.25, 0.3) is 0 Å². The molecule has 0 aliphatic carbocycles. The third-order valence-corrected chi connectivity index (χ3v) is 2.16. The SMILES string of the molecule is C=CC[C@@H](N)c1cccc(C(=O)OC)c1.Cl. The second kappa shape index (κ2) is 7.04. The van der Waals surface area contributed by atoms with Gasteiger partial charge in [-0.15, -0.1) is 19.0 Å². The predicted molar refractivity (Wildman–Crippen MR) is 66.8 cm³/mol. The molecular formula is C12H16ClNO2. The van der Waals surface area contributed by atoms with Crippen LogP contribution in [0.15, 0.2) is 36.9 Å². The number of hydrogen-bond acceptors (Lipinski definition) is 3. The third-order valence-electron chi connectivity index (χ3n) is 2.16. The van der Waals surface area contributed by atoms with Gasteiger partial charge in [-0.2, -0.15) is 0 Å². The Bertz CT molecular complexity index is 366. The van der Waals surface area contributed by atoms with Gasteiger partial charge in [0.2, 0.25) is 0 Å². The fraction of sp³-hybridized carbons (Fsp3) is 0.250. The number of ether oxygens (including phenoxy) is 1. The summed E-state index contributed by atoms with van der Waals surface area (Å²) in [5.41, 5.74) is 7.33. The van der Waals surface area contributed by atoms with E-state index in [1.54, 1.807) is 24.3 Å². The Labute approximate surface area is 102 Å². The second-order valence-corrected chi connectivity index (χ2v) is 3.25. The maximum absolute atomic E-state index is 11.3. The summed E-state index contributed by atoms with van der Waals surface area (Å²) >= 11 is 0. The normalized spacial score (nSPS) is 11.1. The van der Waals surface area contributed by atoms with Gasteiger partial charge in [0.05, 0.1) is 12.7 Å². The molecule has 0 aromatic heterocycles. The monoisotopic (exact) mass is 241 g/mol. The van der Waals surface area contributed by atoms with E-state index in [-0.39, 0.29) is 24.4 Å². The van der Waals surface area contributed by atoms with Crippen LogP contribution in [0.2, 0.25) is 0 Å². The molecule has 88 valence electrons. The molecule has 1 aromatic rings. The van der Waals surface area contributed by atoms with Crippen molar-refractivity contribution in [1.82, 2.24) is 0 Å². The van der Waals surface area contributed by atoms with Crippen LogP contribution in [0.1, 0.15) is 28.4 Å². The van der Waals surface area contributed by atoms with Crippen molar-refractivity contribution in [3.63, 3.8) is 0 Å². The van der Waals surface area contributed by atoms with Gasteiger partial charge in [-0.05, 0) is 24.1 Å². The van der Waals surface area contributed by atoms with E-state index >= 15 is 0 Å². The molecule has 16 heavy (non-hydrogen) atoms. The molecule has 0 radical (unpaired) electrons. The lowest BCUT2D eigenvalue weighted by atomic mass is 10.0.